The number of likely N-dealkylation sites (tertiary alicyclic amines) is 1. The van der Waals surface area contributed by atoms with Crippen molar-refractivity contribution in [3.8, 4) is 0 Å². The van der Waals surface area contributed by atoms with E-state index in [2.05, 4.69) is 23.8 Å². The third-order valence-corrected chi connectivity index (χ3v) is 5.20. The highest BCUT2D eigenvalue weighted by Gasteiger charge is 2.39. The van der Waals surface area contributed by atoms with Crippen LogP contribution in [0.2, 0.25) is 0 Å². The average Bonchev–Trinajstić information content (AvgIpc) is 2.89. The smallest absolute Gasteiger partial charge is 0.223 e. The number of hydrogen-bond donors (Lipinski definition) is 1. The van der Waals surface area contributed by atoms with Crippen LogP contribution in [-0.2, 0) is 4.79 Å². The van der Waals surface area contributed by atoms with E-state index < -0.39 is 0 Å². The summed E-state index contributed by atoms with van der Waals surface area (Å²) in [5.74, 6) is 0.276. The summed E-state index contributed by atoms with van der Waals surface area (Å²) < 4.78 is 0. The van der Waals surface area contributed by atoms with Crippen molar-refractivity contribution in [1.29, 1.82) is 0 Å². The van der Waals surface area contributed by atoms with Crippen LogP contribution < -0.4 is 0 Å². The van der Waals surface area contributed by atoms with E-state index in [1.807, 2.05) is 4.90 Å². The maximum absolute atomic E-state index is 12.3. The minimum absolute atomic E-state index is 0.0584. The summed E-state index contributed by atoms with van der Waals surface area (Å²) in [7, 11) is 2.10. The van der Waals surface area contributed by atoms with Gasteiger partial charge in [0.2, 0.25) is 5.91 Å². The summed E-state index contributed by atoms with van der Waals surface area (Å²) in [5.41, 5.74) is -0.0584. The predicted octanol–water partition coefficient (Wildman–Crippen LogP) is 0.778. The SMILES string of the molecule is CCC[C@@]1(CO)CCCN1CCC(=O)N1CCN(C)CC1. The van der Waals surface area contributed by atoms with Crippen LogP contribution in [0, 0.1) is 0 Å². The first-order valence-electron chi connectivity index (χ1n) is 8.43. The van der Waals surface area contributed by atoms with E-state index in [4.69, 9.17) is 0 Å². The van der Waals surface area contributed by atoms with Gasteiger partial charge >= 0.3 is 0 Å². The molecule has 0 aromatic carbocycles. The van der Waals surface area contributed by atoms with Crippen LogP contribution in [0.4, 0.5) is 0 Å². The second kappa shape index (κ2) is 7.56. The molecule has 0 spiro atoms. The molecule has 0 aliphatic carbocycles. The minimum Gasteiger partial charge on any atom is -0.394 e. The van der Waals surface area contributed by atoms with Crippen molar-refractivity contribution in [2.75, 3.05) is 52.9 Å². The van der Waals surface area contributed by atoms with Crippen molar-refractivity contribution in [1.82, 2.24) is 14.7 Å². The molecular weight excluding hydrogens is 266 g/mol. The van der Waals surface area contributed by atoms with Crippen LogP contribution in [0.3, 0.4) is 0 Å². The zero-order valence-corrected chi connectivity index (χ0v) is 13.7. The standard InChI is InChI=1S/C16H31N3O2/c1-3-6-16(14-20)7-4-8-19(16)9-5-15(21)18-12-10-17(2)11-13-18/h20H,3-14H2,1-2H3/t16-/m0/s1. The second-order valence-electron chi connectivity index (χ2n) is 6.66. The van der Waals surface area contributed by atoms with E-state index in [-0.39, 0.29) is 18.1 Å². The number of rotatable bonds is 6. The van der Waals surface area contributed by atoms with Crippen molar-refractivity contribution in [2.24, 2.45) is 0 Å². The molecule has 2 fully saturated rings. The summed E-state index contributed by atoms with van der Waals surface area (Å²) in [5, 5.41) is 9.82. The quantitative estimate of drug-likeness (QED) is 0.787. The lowest BCUT2D eigenvalue weighted by atomic mass is 9.91. The Hall–Kier alpha value is -0.650. The first kappa shape index (κ1) is 16.7. The van der Waals surface area contributed by atoms with Crippen molar-refractivity contribution in [2.45, 2.75) is 44.6 Å². The molecule has 2 aliphatic heterocycles. The lowest BCUT2D eigenvalue weighted by Gasteiger charge is -2.38. The Morgan fingerprint density at radius 1 is 1.19 bits per heavy atom. The Morgan fingerprint density at radius 3 is 2.52 bits per heavy atom. The van der Waals surface area contributed by atoms with Crippen molar-refractivity contribution >= 4 is 5.91 Å². The summed E-state index contributed by atoms with van der Waals surface area (Å²) in [6.45, 7) is 7.89. The van der Waals surface area contributed by atoms with Crippen molar-refractivity contribution < 1.29 is 9.90 Å². The molecule has 21 heavy (non-hydrogen) atoms. The van der Waals surface area contributed by atoms with Gasteiger partial charge in [0, 0.05) is 44.7 Å². The normalized spacial score (nSPS) is 28.2. The molecule has 0 saturated carbocycles. The monoisotopic (exact) mass is 297 g/mol. The molecule has 1 atom stereocenters. The molecule has 2 saturated heterocycles. The minimum atomic E-state index is -0.0584. The molecule has 5 heteroatoms. The summed E-state index contributed by atoms with van der Waals surface area (Å²) >= 11 is 0. The molecule has 1 N–H and O–H groups in total. The highest BCUT2D eigenvalue weighted by Crippen LogP contribution is 2.33. The third kappa shape index (κ3) is 3.96. The number of piperazine rings is 1. The van der Waals surface area contributed by atoms with Gasteiger partial charge in [0.15, 0.2) is 0 Å². The predicted molar refractivity (Wildman–Crippen MR) is 84.2 cm³/mol. The third-order valence-electron chi connectivity index (χ3n) is 5.20. The second-order valence-corrected chi connectivity index (χ2v) is 6.66. The lowest BCUT2D eigenvalue weighted by molar-refractivity contribution is -0.133. The van der Waals surface area contributed by atoms with Crippen LogP contribution in [0.1, 0.15) is 39.0 Å². The summed E-state index contributed by atoms with van der Waals surface area (Å²) in [4.78, 5) is 19.0. The zero-order valence-electron chi connectivity index (χ0n) is 13.7. The Bertz CT molecular complexity index is 342. The zero-order chi connectivity index (χ0) is 15.3. The average molecular weight is 297 g/mol. The Morgan fingerprint density at radius 2 is 1.90 bits per heavy atom. The number of aliphatic hydroxyl groups excluding tert-OH is 1. The van der Waals surface area contributed by atoms with Gasteiger partial charge < -0.3 is 14.9 Å². The van der Waals surface area contributed by atoms with Gasteiger partial charge in [0.1, 0.15) is 0 Å². The first-order chi connectivity index (χ1) is 10.1. The van der Waals surface area contributed by atoms with Crippen LogP contribution >= 0.6 is 0 Å². The van der Waals surface area contributed by atoms with Gasteiger partial charge in [-0.05, 0) is 32.9 Å². The van der Waals surface area contributed by atoms with Gasteiger partial charge in [-0.15, -0.1) is 0 Å². The fourth-order valence-electron chi connectivity index (χ4n) is 3.79. The highest BCUT2D eigenvalue weighted by atomic mass is 16.3. The largest absolute Gasteiger partial charge is 0.394 e. The molecule has 1 amide bonds. The van der Waals surface area contributed by atoms with Crippen LogP contribution in [0.5, 0.6) is 0 Å². The van der Waals surface area contributed by atoms with Gasteiger partial charge in [0.25, 0.3) is 0 Å². The molecule has 0 radical (unpaired) electrons. The molecular formula is C16H31N3O2. The van der Waals surface area contributed by atoms with Gasteiger partial charge in [0.05, 0.1) is 6.61 Å². The summed E-state index contributed by atoms with van der Waals surface area (Å²) in [6, 6.07) is 0. The van der Waals surface area contributed by atoms with Gasteiger partial charge in [-0.25, -0.2) is 0 Å². The molecule has 0 aromatic rings. The lowest BCUT2D eigenvalue weighted by Crippen LogP contribution is -2.50. The van der Waals surface area contributed by atoms with Crippen LogP contribution in [0.15, 0.2) is 0 Å². The van der Waals surface area contributed by atoms with Crippen LogP contribution in [0.25, 0.3) is 0 Å². The number of amides is 1. The molecule has 2 rings (SSSR count). The van der Waals surface area contributed by atoms with E-state index in [1.165, 1.54) is 0 Å². The molecule has 2 aliphatic rings. The molecule has 5 nitrogen and oxygen atoms in total. The van der Waals surface area contributed by atoms with Gasteiger partial charge in [-0.1, -0.05) is 13.3 Å². The molecule has 2 heterocycles. The van der Waals surface area contributed by atoms with E-state index in [0.29, 0.717) is 6.42 Å². The number of nitrogens with zero attached hydrogens (tertiary/aromatic N) is 3. The first-order valence-corrected chi connectivity index (χ1v) is 8.43. The summed E-state index contributed by atoms with van der Waals surface area (Å²) in [6.07, 6.45) is 4.92. The molecule has 0 unspecified atom stereocenters. The van der Waals surface area contributed by atoms with Gasteiger partial charge in [-0.2, -0.15) is 0 Å². The highest BCUT2D eigenvalue weighted by molar-refractivity contribution is 5.76. The van der Waals surface area contributed by atoms with E-state index in [9.17, 15) is 9.90 Å². The topological polar surface area (TPSA) is 47.0 Å². The molecule has 0 bridgehead atoms. The Labute approximate surface area is 128 Å². The fraction of sp³-hybridized carbons (Fsp3) is 0.938. The molecule has 122 valence electrons. The number of carbonyl (C=O) groups excluding carboxylic acids is 1. The maximum Gasteiger partial charge on any atom is 0.223 e. The maximum atomic E-state index is 12.3. The van der Waals surface area contributed by atoms with Crippen molar-refractivity contribution in [3.63, 3.8) is 0 Å². The van der Waals surface area contributed by atoms with Crippen LogP contribution in [-0.4, -0.2) is 84.2 Å². The number of carbonyl (C=O) groups is 1. The van der Waals surface area contributed by atoms with E-state index in [0.717, 1.165) is 65.0 Å². The Balaban J connectivity index is 1.82. The van der Waals surface area contributed by atoms with Crippen molar-refractivity contribution in [3.05, 3.63) is 0 Å². The van der Waals surface area contributed by atoms with E-state index in [1.54, 1.807) is 0 Å². The number of aliphatic hydroxyl groups is 1. The van der Waals surface area contributed by atoms with E-state index >= 15 is 0 Å². The Kier molecular flexibility index (Phi) is 6.02. The number of likely N-dealkylation sites (N-methyl/N-ethyl adjacent to an activating group) is 1. The number of hydrogen-bond acceptors (Lipinski definition) is 4. The molecule has 0 aromatic heterocycles. The fourth-order valence-corrected chi connectivity index (χ4v) is 3.79. The van der Waals surface area contributed by atoms with Gasteiger partial charge in [-0.3, -0.25) is 9.69 Å².